The number of hydrogen-bond acceptors (Lipinski definition) is 5. The van der Waals surface area contributed by atoms with Gasteiger partial charge in [0.25, 0.3) is 0 Å². The molecular formula is C13H19N5O2S. The number of aromatic amines is 1. The largest absolute Gasteiger partial charge is 0.384 e. The first kappa shape index (κ1) is 15.5. The summed E-state index contributed by atoms with van der Waals surface area (Å²) in [6.45, 7) is 0.653. The van der Waals surface area contributed by atoms with Crippen LogP contribution in [0.4, 0.5) is 5.69 Å². The van der Waals surface area contributed by atoms with Crippen LogP contribution in [0.3, 0.4) is 0 Å². The molecule has 114 valence electrons. The summed E-state index contributed by atoms with van der Waals surface area (Å²) >= 11 is 0. The van der Waals surface area contributed by atoms with Crippen molar-refractivity contribution in [3.63, 3.8) is 0 Å². The fourth-order valence-electron chi connectivity index (χ4n) is 1.86. The van der Waals surface area contributed by atoms with Gasteiger partial charge in [-0.2, -0.15) is 5.10 Å². The summed E-state index contributed by atoms with van der Waals surface area (Å²) in [5.41, 5.74) is 0.615. The van der Waals surface area contributed by atoms with E-state index in [0.717, 1.165) is 18.7 Å². The zero-order valence-corrected chi connectivity index (χ0v) is 12.9. The Bertz CT molecular complexity index is 668. The van der Waals surface area contributed by atoms with Gasteiger partial charge in [0.1, 0.15) is 17.0 Å². The highest BCUT2D eigenvalue weighted by Crippen LogP contribution is 2.22. The predicted octanol–water partition coefficient (Wildman–Crippen LogP) is 1.10. The molecule has 0 spiro atoms. The first-order chi connectivity index (χ1) is 10.0. The quantitative estimate of drug-likeness (QED) is 0.747. The third-order valence-electron chi connectivity index (χ3n) is 3.02. The summed E-state index contributed by atoms with van der Waals surface area (Å²) in [5.74, 6) is 0.825. The summed E-state index contributed by atoms with van der Waals surface area (Å²) < 4.78 is 25.7. The van der Waals surface area contributed by atoms with E-state index >= 15 is 0 Å². The van der Waals surface area contributed by atoms with Gasteiger partial charge in [-0.05, 0) is 18.6 Å². The van der Waals surface area contributed by atoms with E-state index in [1.54, 1.807) is 18.2 Å². The Labute approximate surface area is 124 Å². The molecule has 2 rings (SSSR count). The maximum Gasteiger partial charge on any atom is 0.244 e. The Morgan fingerprint density at radius 1 is 1.29 bits per heavy atom. The lowest BCUT2D eigenvalue weighted by Crippen LogP contribution is -2.23. The predicted molar refractivity (Wildman–Crippen MR) is 80.5 cm³/mol. The SMILES string of the molecule is CN(C)S(=O)(=O)c1ccccc1NCCCc1ncn[nH]1. The summed E-state index contributed by atoms with van der Waals surface area (Å²) in [5, 5.41) is 9.75. The van der Waals surface area contributed by atoms with Crippen LogP contribution >= 0.6 is 0 Å². The van der Waals surface area contributed by atoms with Gasteiger partial charge in [-0.25, -0.2) is 17.7 Å². The highest BCUT2D eigenvalue weighted by atomic mass is 32.2. The molecule has 1 heterocycles. The summed E-state index contributed by atoms with van der Waals surface area (Å²) in [4.78, 5) is 4.33. The molecule has 0 atom stereocenters. The highest BCUT2D eigenvalue weighted by molar-refractivity contribution is 7.89. The minimum atomic E-state index is -3.45. The molecule has 0 bridgehead atoms. The molecule has 2 aromatic rings. The molecule has 0 aliphatic rings. The average molecular weight is 309 g/mol. The maximum absolute atomic E-state index is 12.2. The molecule has 0 saturated heterocycles. The van der Waals surface area contributed by atoms with Gasteiger partial charge in [0, 0.05) is 27.1 Å². The fraction of sp³-hybridized carbons (Fsp3) is 0.385. The van der Waals surface area contributed by atoms with Gasteiger partial charge in [0.05, 0.1) is 5.69 Å². The number of aromatic nitrogens is 3. The van der Waals surface area contributed by atoms with Gasteiger partial charge in [-0.3, -0.25) is 5.10 Å². The van der Waals surface area contributed by atoms with Gasteiger partial charge < -0.3 is 5.32 Å². The maximum atomic E-state index is 12.2. The number of benzene rings is 1. The second-order valence-corrected chi connectivity index (χ2v) is 6.87. The van der Waals surface area contributed by atoms with E-state index in [2.05, 4.69) is 20.5 Å². The molecule has 7 nitrogen and oxygen atoms in total. The third kappa shape index (κ3) is 3.79. The molecule has 0 unspecified atom stereocenters. The normalized spacial score (nSPS) is 11.8. The van der Waals surface area contributed by atoms with Gasteiger partial charge in [-0.1, -0.05) is 12.1 Å². The van der Waals surface area contributed by atoms with Crippen molar-refractivity contribution >= 4 is 15.7 Å². The number of anilines is 1. The van der Waals surface area contributed by atoms with Crippen LogP contribution in [0.1, 0.15) is 12.2 Å². The lowest BCUT2D eigenvalue weighted by Gasteiger charge is -2.16. The molecule has 0 radical (unpaired) electrons. The van der Waals surface area contributed by atoms with Crippen LogP contribution in [0.15, 0.2) is 35.5 Å². The van der Waals surface area contributed by atoms with Crippen molar-refractivity contribution in [3.8, 4) is 0 Å². The third-order valence-corrected chi connectivity index (χ3v) is 4.89. The first-order valence-electron chi connectivity index (χ1n) is 6.61. The molecule has 0 aliphatic carbocycles. The number of para-hydroxylation sites is 1. The molecule has 8 heteroatoms. The number of rotatable bonds is 7. The van der Waals surface area contributed by atoms with E-state index in [4.69, 9.17) is 0 Å². The van der Waals surface area contributed by atoms with E-state index in [9.17, 15) is 8.42 Å². The number of nitrogens with zero attached hydrogens (tertiary/aromatic N) is 3. The molecule has 0 fully saturated rings. The zero-order valence-electron chi connectivity index (χ0n) is 12.1. The molecule has 1 aromatic carbocycles. The van der Waals surface area contributed by atoms with E-state index in [0.29, 0.717) is 12.2 Å². The Kier molecular flexibility index (Phi) is 4.92. The van der Waals surface area contributed by atoms with Gasteiger partial charge in [0.15, 0.2) is 0 Å². The summed E-state index contributed by atoms with van der Waals surface area (Å²) in [6, 6.07) is 6.91. The minimum Gasteiger partial charge on any atom is -0.384 e. The number of aryl methyl sites for hydroxylation is 1. The topological polar surface area (TPSA) is 91.0 Å². The Morgan fingerprint density at radius 3 is 2.71 bits per heavy atom. The Balaban J connectivity index is 2.00. The van der Waals surface area contributed by atoms with Crippen LogP contribution in [0.25, 0.3) is 0 Å². The van der Waals surface area contributed by atoms with Crippen molar-refractivity contribution in [3.05, 3.63) is 36.4 Å². The van der Waals surface area contributed by atoms with E-state index in [1.807, 2.05) is 6.07 Å². The molecule has 21 heavy (non-hydrogen) atoms. The fourth-order valence-corrected chi connectivity index (χ4v) is 2.93. The highest BCUT2D eigenvalue weighted by Gasteiger charge is 2.20. The number of hydrogen-bond donors (Lipinski definition) is 2. The minimum absolute atomic E-state index is 0.287. The lowest BCUT2D eigenvalue weighted by atomic mass is 10.2. The summed E-state index contributed by atoms with van der Waals surface area (Å²) in [6.07, 6.45) is 3.06. The van der Waals surface area contributed by atoms with E-state index in [1.165, 1.54) is 24.7 Å². The van der Waals surface area contributed by atoms with Crippen molar-refractivity contribution in [2.75, 3.05) is 26.0 Å². The van der Waals surface area contributed by atoms with Crippen LogP contribution < -0.4 is 5.32 Å². The molecule has 2 N–H and O–H groups in total. The number of H-pyrrole nitrogens is 1. The van der Waals surface area contributed by atoms with Crippen molar-refractivity contribution < 1.29 is 8.42 Å². The van der Waals surface area contributed by atoms with Crippen LogP contribution in [-0.4, -0.2) is 48.5 Å². The van der Waals surface area contributed by atoms with Crippen molar-refractivity contribution in [2.45, 2.75) is 17.7 Å². The van der Waals surface area contributed by atoms with Crippen molar-refractivity contribution in [2.24, 2.45) is 0 Å². The van der Waals surface area contributed by atoms with Crippen molar-refractivity contribution in [1.82, 2.24) is 19.5 Å². The van der Waals surface area contributed by atoms with Crippen molar-refractivity contribution in [1.29, 1.82) is 0 Å². The van der Waals surface area contributed by atoms with Crippen LogP contribution in [0.5, 0.6) is 0 Å². The van der Waals surface area contributed by atoms with Gasteiger partial charge in [-0.15, -0.1) is 0 Å². The first-order valence-corrected chi connectivity index (χ1v) is 8.05. The molecule has 0 saturated carbocycles. The molecule has 0 amide bonds. The smallest absolute Gasteiger partial charge is 0.244 e. The average Bonchev–Trinajstić information content (AvgIpc) is 2.97. The van der Waals surface area contributed by atoms with E-state index < -0.39 is 10.0 Å². The number of sulfonamides is 1. The summed E-state index contributed by atoms with van der Waals surface area (Å²) in [7, 11) is -0.398. The molecular weight excluding hydrogens is 290 g/mol. The van der Waals surface area contributed by atoms with E-state index in [-0.39, 0.29) is 4.90 Å². The standard InChI is InChI=1S/C13H19N5O2S/c1-18(2)21(19,20)12-7-4-3-6-11(12)14-9-5-8-13-15-10-16-17-13/h3-4,6-7,10,14H,5,8-9H2,1-2H3,(H,15,16,17). The number of nitrogens with one attached hydrogen (secondary N) is 2. The zero-order chi connectivity index (χ0) is 15.3. The molecule has 0 aliphatic heterocycles. The Morgan fingerprint density at radius 2 is 2.05 bits per heavy atom. The molecule has 1 aromatic heterocycles. The van der Waals surface area contributed by atoms with Crippen LogP contribution in [0.2, 0.25) is 0 Å². The van der Waals surface area contributed by atoms with Crippen LogP contribution in [0, 0.1) is 0 Å². The second kappa shape index (κ2) is 6.68. The monoisotopic (exact) mass is 309 g/mol. The van der Waals surface area contributed by atoms with Gasteiger partial charge in [0.2, 0.25) is 10.0 Å². The second-order valence-electron chi connectivity index (χ2n) is 4.75. The van der Waals surface area contributed by atoms with Crippen LogP contribution in [-0.2, 0) is 16.4 Å². The van der Waals surface area contributed by atoms with Gasteiger partial charge >= 0.3 is 0 Å². The lowest BCUT2D eigenvalue weighted by molar-refractivity contribution is 0.521. The Hall–Kier alpha value is -1.93.